The van der Waals surface area contributed by atoms with Crippen LogP contribution < -0.4 is 0 Å². The molecule has 108 valence electrons. The van der Waals surface area contributed by atoms with Crippen molar-refractivity contribution < 1.29 is 9.72 Å². The lowest BCUT2D eigenvalue weighted by Gasteiger charge is -2.15. The van der Waals surface area contributed by atoms with Gasteiger partial charge in [-0.25, -0.2) is 0 Å². The van der Waals surface area contributed by atoms with Crippen LogP contribution in [-0.2, 0) is 0 Å². The van der Waals surface area contributed by atoms with Crippen molar-refractivity contribution in [2.45, 2.75) is 39.7 Å². The molecular weight excluding hydrogens is 254 g/mol. The average Bonchev–Trinajstić information content (AvgIpc) is 2.39. The Balaban J connectivity index is 2.81. The summed E-state index contributed by atoms with van der Waals surface area (Å²) in [7, 11) is 0. The average molecular weight is 275 g/mol. The minimum absolute atomic E-state index is 0.284. The molecule has 2 unspecified atom stereocenters. The van der Waals surface area contributed by atoms with E-state index >= 15 is 0 Å². The van der Waals surface area contributed by atoms with E-state index in [4.69, 9.17) is 0 Å². The standard InChI is InChI=1S/C16H21NO3/c1-12(2)8-7-9-13(3)15(17(19)20)16(18)14-10-5-4-6-11-14/h4-6,8,10-11,13,15H,7,9H2,1-3H3. The molecule has 0 saturated heterocycles. The van der Waals surface area contributed by atoms with E-state index in [1.54, 1.807) is 37.3 Å². The molecule has 0 fully saturated rings. The number of nitro groups is 1. The van der Waals surface area contributed by atoms with E-state index < -0.39 is 16.7 Å². The number of carbonyl (C=O) groups excluding carboxylic acids is 1. The van der Waals surface area contributed by atoms with Gasteiger partial charge in [-0.2, -0.15) is 0 Å². The second kappa shape index (κ2) is 7.58. The first kappa shape index (κ1) is 16.1. The van der Waals surface area contributed by atoms with Crippen molar-refractivity contribution in [1.82, 2.24) is 0 Å². The number of ketones is 1. The van der Waals surface area contributed by atoms with Crippen molar-refractivity contribution in [2.75, 3.05) is 0 Å². The first-order valence-electron chi connectivity index (χ1n) is 6.79. The molecule has 1 aromatic carbocycles. The van der Waals surface area contributed by atoms with Crippen LogP contribution in [0, 0.1) is 16.0 Å². The summed E-state index contributed by atoms with van der Waals surface area (Å²) >= 11 is 0. The van der Waals surface area contributed by atoms with Gasteiger partial charge >= 0.3 is 0 Å². The van der Waals surface area contributed by atoms with Gasteiger partial charge in [0.25, 0.3) is 6.04 Å². The number of hydrogen-bond donors (Lipinski definition) is 0. The number of nitrogens with zero attached hydrogens (tertiary/aromatic N) is 1. The zero-order chi connectivity index (χ0) is 15.1. The summed E-state index contributed by atoms with van der Waals surface area (Å²) in [5.74, 6) is -0.686. The van der Waals surface area contributed by atoms with Gasteiger partial charge in [0.1, 0.15) is 0 Å². The molecule has 0 amide bonds. The van der Waals surface area contributed by atoms with Gasteiger partial charge in [-0.1, -0.05) is 48.9 Å². The highest BCUT2D eigenvalue weighted by atomic mass is 16.6. The van der Waals surface area contributed by atoms with E-state index in [0.29, 0.717) is 12.0 Å². The van der Waals surface area contributed by atoms with Crippen molar-refractivity contribution in [3.63, 3.8) is 0 Å². The number of allylic oxidation sites excluding steroid dienone is 2. The first-order valence-corrected chi connectivity index (χ1v) is 6.79. The van der Waals surface area contributed by atoms with Crippen molar-refractivity contribution >= 4 is 5.78 Å². The van der Waals surface area contributed by atoms with Crippen LogP contribution in [0.5, 0.6) is 0 Å². The summed E-state index contributed by atoms with van der Waals surface area (Å²) in [4.78, 5) is 23.0. The van der Waals surface area contributed by atoms with Gasteiger partial charge in [0.2, 0.25) is 5.78 Å². The maximum Gasteiger partial charge on any atom is 0.277 e. The molecule has 0 radical (unpaired) electrons. The number of rotatable bonds is 7. The van der Waals surface area contributed by atoms with Gasteiger partial charge in [-0.15, -0.1) is 0 Å². The Morgan fingerprint density at radius 3 is 2.40 bits per heavy atom. The van der Waals surface area contributed by atoms with E-state index in [1.807, 2.05) is 19.9 Å². The van der Waals surface area contributed by atoms with Gasteiger partial charge < -0.3 is 0 Å². The molecule has 4 heteroatoms. The van der Waals surface area contributed by atoms with Crippen LogP contribution in [0.4, 0.5) is 0 Å². The molecule has 1 aromatic rings. The lowest BCUT2D eigenvalue weighted by molar-refractivity contribution is -0.513. The highest BCUT2D eigenvalue weighted by Crippen LogP contribution is 2.19. The molecule has 0 bridgehead atoms. The van der Waals surface area contributed by atoms with Crippen molar-refractivity contribution in [2.24, 2.45) is 5.92 Å². The predicted molar refractivity (Wildman–Crippen MR) is 79.4 cm³/mol. The van der Waals surface area contributed by atoms with Crippen molar-refractivity contribution in [1.29, 1.82) is 0 Å². The van der Waals surface area contributed by atoms with Gasteiger partial charge in [0.05, 0.1) is 0 Å². The summed E-state index contributed by atoms with van der Waals surface area (Å²) in [6.45, 7) is 5.75. The maximum atomic E-state index is 12.3. The third-order valence-corrected chi connectivity index (χ3v) is 3.27. The second-order valence-corrected chi connectivity index (χ2v) is 5.30. The first-order chi connectivity index (χ1) is 9.43. The lowest BCUT2D eigenvalue weighted by atomic mass is 9.90. The third kappa shape index (κ3) is 4.61. The molecule has 0 spiro atoms. The normalized spacial score (nSPS) is 13.3. The van der Waals surface area contributed by atoms with E-state index in [1.165, 1.54) is 5.57 Å². The SMILES string of the molecule is CC(C)=CCCC(C)C(C(=O)c1ccccc1)[N+](=O)[O-]. The molecule has 4 nitrogen and oxygen atoms in total. The highest BCUT2D eigenvalue weighted by Gasteiger charge is 2.35. The number of carbonyl (C=O) groups is 1. The minimum atomic E-state index is -1.16. The molecule has 0 saturated carbocycles. The Labute approximate surface area is 119 Å². The Kier molecular flexibility index (Phi) is 6.10. The quantitative estimate of drug-likeness (QED) is 0.328. The van der Waals surface area contributed by atoms with Crippen LogP contribution in [0.1, 0.15) is 44.0 Å². The predicted octanol–water partition coefficient (Wildman–Crippen LogP) is 3.90. The third-order valence-electron chi connectivity index (χ3n) is 3.27. The van der Waals surface area contributed by atoms with Gasteiger partial charge in [0.15, 0.2) is 0 Å². The lowest BCUT2D eigenvalue weighted by Crippen LogP contribution is -2.35. The van der Waals surface area contributed by atoms with E-state index in [9.17, 15) is 14.9 Å². The molecular formula is C16H21NO3. The topological polar surface area (TPSA) is 60.2 Å². The highest BCUT2D eigenvalue weighted by molar-refractivity contribution is 5.99. The number of Topliss-reactive ketones (excluding diaryl/α,β-unsaturated/α-hetero) is 1. The Bertz CT molecular complexity index is 490. The monoisotopic (exact) mass is 275 g/mol. The zero-order valence-corrected chi connectivity index (χ0v) is 12.2. The fourth-order valence-corrected chi connectivity index (χ4v) is 2.13. The smallest absolute Gasteiger partial charge is 0.277 e. The maximum absolute atomic E-state index is 12.3. The minimum Gasteiger partial charge on any atom is -0.286 e. The summed E-state index contributed by atoms with van der Waals surface area (Å²) in [5.41, 5.74) is 1.59. The van der Waals surface area contributed by atoms with Crippen LogP contribution in [0.25, 0.3) is 0 Å². The summed E-state index contributed by atoms with van der Waals surface area (Å²) in [6, 6.07) is 7.32. The molecule has 0 heterocycles. The largest absolute Gasteiger partial charge is 0.286 e. The molecule has 0 aliphatic rings. The van der Waals surface area contributed by atoms with Crippen LogP contribution >= 0.6 is 0 Å². The summed E-state index contributed by atoms with van der Waals surface area (Å²) in [5, 5.41) is 11.2. The van der Waals surface area contributed by atoms with Gasteiger partial charge in [-0.05, 0) is 26.7 Å². The van der Waals surface area contributed by atoms with Crippen LogP contribution in [0.2, 0.25) is 0 Å². The van der Waals surface area contributed by atoms with Gasteiger partial charge in [0, 0.05) is 16.4 Å². The molecule has 0 N–H and O–H groups in total. The van der Waals surface area contributed by atoms with E-state index in [-0.39, 0.29) is 5.92 Å². The van der Waals surface area contributed by atoms with Crippen LogP contribution in [-0.4, -0.2) is 16.7 Å². The molecule has 0 aromatic heterocycles. The van der Waals surface area contributed by atoms with Crippen molar-refractivity contribution in [3.05, 3.63) is 57.7 Å². The van der Waals surface area contributed by atoms with Gasteiger partial charge in [-0.3, -0.25) is 14.9 Å². The zero-order valence-electron chi connectivity index (χ0n) is 12.2. The van der Waals surface area contributed by atoms with E-state index in [2.05, 4.69) is 0 Å². The number of benzene rings is 1. The summed E-state index contributed by atoms with van der Waals surface area (Å²) < 4.78 is 0. The molecule has 0 aliphatic heterocycles. The Hall–Kier alpha value is -1.97. The van der Waals surface area contributed by atoms with Crippen LogP contribution in [0.3, 0.4) is 0 Å². The van der Waals surface area contributed by atoms with Crippen LogP contribution in [0.15, 0.2) is 42.0 Å². The van der Waals surface area contributed by atoms with Crippen molar-refractivity contribution in [3.8, 4) is 0 Å². The molecule has 0 aliphatic carbocycles. The van der Waals surface area contributed by atoms with E-state index in [0.717, 1.165) is 6.42 Å². The molecule has 2 atom stereocenters. The summed E-state index contributed by atoms with van der Waals surface area (Å²) in [6.07, 6.45) is 3.44. The second-order valence-electron chi connectivity index (χ2n) is 5.30. The fraction of sp³-hybridized carbons (Fsp3) is 0.438. The number of hydrogen-bond acceptors (Lipinski definition) is 3. The Morgan fingerprint density at radius 1 is 1.30 bits per heavy atom. The molecule has 20 heavy (non-hydrogen) atoms. The Morgan fingerprint density at radius 2 is 1.90 bits per heavy atom. The molecule has 1 rings (SSSR count). The fourth-order valence-electron chi connectivity index (χ4n) is 2.13.